The van der Waals surface area contributed by atoms with Crippen LogP contribution in [0.1, 0.15) is 36.2 Å². The van der Waals surface area contributed by atoms with Crippen LogP contribution in [-0.2, 0) is 11.2 Å². The molecule has 3 N–H and O–H groups in total. The van der Waals surface area contributed by atoms with Crippen molar-refractivity contribution >= 4 is 5.91 Å². The van der Waals surface area contributed by atoms with E-state index in [0.717, 1.165) is 36.2 Å². The highest BCUT2D eigenvalue weighted by atomic mass is 16.3. The molecule has 1 aliphatic carbocycles. The lowest BCUT2D eigenvalue weighted by atomic mass is 9.80. The number of rotatable bonds is 4. The Kier molecular flexibility index (Phi) is 3.19. The van der Waals surface area contributed by atoms with E-state index >= 15 is 0 Å². The van der Waals surface area contributed by atoms with E-state index in [1.54, 1.807) is 0 Å². The molecule has 1 amide bonds. The summed E-state index contributed by atoms with van der Waals surface area (Å²) in [5.41, 5.74) is 2.08. The van der Waals surface area contributed by atoms with E-state index in [0.29, 0.717) is 13.0 Å². The van der Waals surface area contributed by atoms with Gasteiger partial charge in [-0.2, -0.15) is 5.10 Å². The van der Waals surface area contributed by atoms with E-state index in [1.165, 1.54) is 0 Å². The number of aryl methyl sites for hydroxylation is 2. The fourth-order valence-electron chi connectivity index (χ4n) is 2.08. The van der Waals surface area contributed by atoms with Gasteiger partial charge in [-0.25, -0.2) is 0 Å². The first-order valence-electron chi connectivity index (χ1n) is 6.00. The lowest BCUT2D eigenvalue weighted by Crippen LogP contribution is -2.48. The first kappa shape index (κ1) is 12.1. The smallest absolute Gasteiger partial charge is 0.224 e. The van der Waals surface area contributed by atoms with Crippen LogP contribution in [0.5, 0.6) is 0 Å². The Morgan fingerprint density at radius 1 is 1.53 bits per heavy atom. The first-order chi connectivity index (χ1) is 8.00. The predicted molar refractivity (Wildman–Crippen MR) is 63.6 cm³/mol. The molecule has 5 heteroatoms. The number of aromatic nitrogens is 2. The number of amides is 1. The van der Waals surface area contributed by atoms with Crippen LogP contribution >= 0.6 is 0 Å². The average molecular weight is 237 g/mol. The maximum absolute atomic E-state index is 11.7. The van der Waals surface area contributed by atoms with Crippen molar-refractivity contribution in [2.24, 2.45) is 0 Å². The molecule has 5 nitrogen and oxygen atoms in total. The van der Waals surface area contributed by atoms with Crippen molar-refractivity contribution in [2.45, 2.75) is 45.1 Å². The molecule has 0 bridgehead atoms. The number of nitrogens with zero attached hydrogens (tertiary/aromatic N) is 1. The van der Waals surface area contributed by atoms with Crippen molar-refractivity contribution in [3.8, 4) is 0 Å². The van der Waals surface area contributed by atoms with Crippen LogP contribution in [0.2, 0.25) is 0 Å². The van der Waals surface area contributed by atoms with Gasteiger partial charge in [-0.3, -0.25) is 9.89 Å². The molecular formula is C12H19N3O2. The van der Waals surface area contributed by atoms with Crippen molar-refractivity contribution in [3.05, 3.63) is 17.0 Å². The largest absolute Gasteiger partial charge is 0.388 e. The van der Waals surface area contributed by atoms with Gasteiger partial charge in [0.05, 0.1) is 17.7 Å². The number of carbonyl (C=O) groups is 1. The molecule has 0 aliphatic heterocycles. The second-order valence-electron chi connectivity index (χ2n) is 4.94. The molecule has 0 radical (unpaired) electrons. The zero-order valence-electron chi connectivity index (χ0n) is 10.3. The molecule has 0 aromatic carbocycles. The summed E-state index contributed by atoms with van der Waals surface area (Å²) in [4.78, 5) is 11.7. The zero-order valence-corrected chi connectivity index (χ0v) is 10.3. The SMILES string of the molecule is Cc1n[nH]c(C)c1CC(=O)NCC1(O)CCC1. The summed E-state index contributed by atoms with van der Waals surface area (Å²) in [6, 6.07) is 0. The van der Waals surface area contributed by atoms with Crippen molar-refractivity contribution in [3.63, 3.8) is 0 Å². The van der Waals surface area contributed by atoms with Crippen LogP contribution in [0, 0.1) is 13.8 Å². The minimum Gasteiger partial charge on any atom is -0.388 e. The van der Waals surface area contributed by atoms with Gasteiger partial charge in [0.25, 0.3) is 0 Å². The van der Waals surface area contributed by atoms with Gasteiger partial charge in [0.1, 0.15) is 0 Å². The van der Waals surface area contributed by atoms with Crippen LogP contribution in [0.4, 0.5) is 0 Å². The van der Waals surface area contributed by atoms with Crippen molar-refractivity contribution in [1.29, 1.82) is 0 Å². The standard InChI is InChI=1S/C12H19N3O2/c1-8-10(9(2)15-14-8)6-11(16)13-7-12(17)4-3-5-12/h17H,3-7H2,1-2H3,(H,13,16)(H,14,15). The van der Waals surface area contributed by atoms with E-state index in [1.807, 2.05) is 13.8 Å². The van der Waals surface area contributed by atoms with Gasteiger partial charge in [0.2, 0.25) is 5.91 Å². The Hall–Kier alpha value is -1.36. The number of hydrogen-bond acceptors (Lipinski definition) is 3. The summed E-state index contributed by atoms with van der Waals surface area (Å²) in [6.07, 6.45) is 2.95. The van der Waals surface area contributed by atoms with Crippen molar-refractivity contribution in [1.82, 2.24) is 15.5 Å². The Morgan fingerprint density at radius 2 is 2.24 bits per heavy atom. The van der Waals surface area contributed by atoms with Gasteiger partial charge < -0.3 is 10.4 Å². The molecule has 1 heterocycles. The number of carbonyl (C=O) groups excluding carboxylic acids is 1. The summed E-state index contributed by atoms with van der Waals surface area (Å²) in [6.45, 7) is 4.15. The maximum atomic E-state index is 11.7. The number of aromatic amines is 1. The molecule has 0 saturated heterocycles. The zero-order chi connectivity index (χ0) is 12.5. The molecule has 2 rings (SSSR count). The molecule has 1 fully saturated rings. The molecule has 0 atom stereocenters. The quantitative estimate of drug-likeness (QED) is 0.717. The number of H-pyrrole nitrogens is 1. The summed E-state index contributed by atoms with van der Waals surface area (Å²) in [7, 11) is 0. The van der Waals surface area contributed by atoms with E-state index in [2.05, 4.69) is 15.5 Å². The summed E-state index contributed by atoms with van der Waals surface area (Å²) >= 11 is 0. The third-order valence-corrected chi connectivity index (χ3v) is 3.52. The van der Waals surface area contributed by atoms with Crippen molar-refractivity contribution < 1.29 is 9.90 Å². The van der Waals surface area contributed by atoms with Crippen LogP contribution < -0.4 is 5.32 Å². The Morgan fingerprint density at radius 3 is 2.71 bits per heavy atom. The number of hydrogen-bond donors (Lipinski definition) is 3. The van der Waals surface area contributed by atoms with Gasteiger partial charge in [0.15, 0.2) is 0 Å². The fraction of sp³-hybridized carbons (Fsp3) is 0.667. The minimum atomic E-state index is -0.657. The third kappa shape index (κ3) is 2.66. The second kappa shape index (κ2) is 4.49. The number of aliphatic hydroxyl groups is 1. The van der Waals surface area contributed by atoms with Crippen LogP contribution in [0.3, 0.4) is 0 Å². The lowest BCUT2D eigenvalue weighted by molar-refractivity contribution is -0.122. The minimum absolute atomic E-state index is 0.0575. The average Bonchev–Trinajstić information content (AvgIpc) is 2.55. The van der Waals surface area contributed by atoms with E-state index in [4.69, 9.17) is 0 Å². The van der Waals surface area contributed by atoms with Crippen LogP contribution in [0.25, 0.3) is 0 Å². The Bertz CT molecular complexity index is 402. The summed E-state index contributed by atoms with van der Waals surface area (Å²) < 4.78 is 0. The summed E-state index contributed by atoms with van der Waals surface area (Å²) in [5.74, 6) is -0.0575. The van der Waals surface area contributed by atoms with Crippen LogP contribution in [-0.4, -0.2) is 33.4 Å². The highest BCUT2D eigenvalue weighted by molar-refractivity contribution is 5.79. The van der Waals surface area contributed by atoms with Gasteiger partial charge in [-0.1, -0.05) is 0 Å². The van der Waals surface area contributed by atoms with Crippen molar-refractivity contribution in [2.75, 3.05) is 6.54 Å². The summed E-state index contributed by atoms with van der Waals surface area (Å²) in [5, 5.41) is 19.6. The van der Waals surface area contributed by atoms with Gasteiger partial charge >= 0.3 is 0 Å². The normalized spacial score (nSPS) is 17.6. The second-order valence-corrected chi connectivity index (χ2v) is 4.94. The molecule has 0 spiro atoms. The molecule has 1 saturated carbocycles. The topological polar surface area (TPSA) is 78.0 Å². The molecule has 1 aromatic rings. The maximum Gasteiger partial charge on any atom is 0.224 e. The Balaban J connectivity index is 1.85. The number of nitrogens with one attached hydrogen (secondary N) is 2. The van der Waals surface area contributed by atoms with E-state index in [-0.39, 0.29) is 5.91 Å². The third-order valence-electron chi connectivity index (χ3n) is 3.52. The lowest BCUT2D eigenvalue weighted by Gasteiger charge is -2.36. The van der Waals surface area contributed by atoms with Crippen LogP contribution in [0.15, 0.2) is 0 Å². The monoisotopic (exact) mass is 237 g/mol. The molecule has 0 unspecified atom stereocenters. The van der Waals surface area contributed by atoms with E-state index < -0.39 is 5.60 Å². The van der Waals surface area contributed by atoms with Gasteiger partial charge in [0, 0.05) is 17.8 Å². The first-order valence-corrected chi connectivity index (χ1v) is 6.00. The van der Waals surface area contributed by atoms with Gasteiger partial charge in [-0.15, -0.1) is 0 Å². The molecule has 17 heavy (non-hydrogen) atoms. The molecule has 1 aromatic heterocycles. The predicted octanol–water partition coefficient (Wildman–Crippen LogP) is 0.600. The Labute approximate surface area is 101 Å². The van der Waals surface area contributed by atoms with Gasteiger partial charge in [-0.05, 0) is 33.1 Å². The molecule has 94 valence electrons. The molecule has 1 aliphatic rings. The van der Waals surface area contributed by atoms with E-state index in [9.17, 15) is 9.90 Å². The highest BCUT2D eigenvalue weighted by Crippen LogP contribution is 2.30. The fourth-order valence-corrected chi connectivity index (χ4v) is 2.08. The molecular weight excluding hydrogens is 218 g/mol. The highest BCUT2D eigenvalue weighted by Gasteiger charge is 2.34.